The lowest BCUT2D eigenvalue weighted by Crippen LogP contribution is -2.59. The molecular weight excluding hydrogens is 240 g/mol. The van der Waals surface area contributed by atoms with Crippen molar-refractivity contribution in [3.8, 4) is 0 Å². The van der Waals surface area contributed by atoms with Gasteiger partial charge in [-0.05, 0) is 53.0 Å². The minimum atomic E-state index is -0.422. The van der Waals surface area contributed by atoms with Gasteiger partial charge in [0.1, 0.15) is 5.60 Å². The van der Waals surface area contributed by atoms with Crippen molar-refractivity contribution in [1.29, 1.82) is 0 Å². The molecule has 0 unspecified atom stereocenters. The van der Waals surface area contributed by atoms with Crippen molar-refractivity contribution in [2.45, 2.75) is 70.9 Å². The van der Waals surface area contributed by atoms with Crippen LogP contribution in [0.5, 0.6) is 0 Å². The third-order valence-electron chi connectivity index (χ3n) is 4.59. The Bertz CT molecular complexity index is 334. The second-order valence-corrected chi connectivity index (χ2v) is 7.11. The average molecular weight is 268 g/mol. The van der Waals surface area contributed by atoms with E-state index < -0.39 is 5.60 Å². The van der Waals surface area contributed by atoms with E-state index >= 15 is 0 Å². The molecule has 2 N–H and O–H groups in total. The predicted octanol–water partition coefficient (Wildman–Crippen LogP) is 2.91. The number of nitrogens with two attached hydrogens (primary N) is 1. The molecule has 2 aliphatic rings. The smallest absolute Gasteiger partial charge is 0.410 e. The Balaban J connectivity index is 2.14. The summed E-state index contributed by atoms with van der Waals surface area (Å²) in [5.41, 5.74) is 5.78. The van der Waals surface area contributed by atoms with E-state index in [1.54, 1.807) is 0 Å². The van der Waals surface area contributed by atoms with Gasteiger partial charge in [-0.2, -0.15) is 0 Å². The van der Waals surface area contributed by atoms with Crippen molar-refractivity contribution in [1.82, 2.24) is 4.90 Å². The van der Waals surface area contributed by atoms with Gasteiger partial charge in [0.25, 0.3) is 0 Å². The number of ether oxygens (including phenoxy) is 1. The van der Waals surface area contributed by atoms with Crippen molar-refractivity contribution in [3.63, 3.8) is 0 Å². The van der Waals surface area contributed by atoms with Crippen LogP contribution < -0.4 is 5.73 Å². The van der Waals surface area contributed by atoms with Crippen LogP contribution in [0.25, 0.3) is 0 Å². The van der Waals surface area contributed by atoms with Gasteiger partial charge in [-0.15, -0.1) is 0 Å². The molecule has 1 heterocycles. The molecule has 0 bridgehead atoms. The standard InChI is InChI=1S/C15H28N2O2/c1-14(2,3)19-13(18)17-10-6-9-15(11-16)8-5-4-7-12(15)17/h12H,4-11,16H2,1-3H3/t12-,15+/m0/s1. The number of likely N-dealkylation sites (tertiary alicyclic amines) is 1. The van der Waals surface area contributed by atoms with Gasteiger partial charge in [0.2, 0.25) is 0 Å². The average Bonchev–Trinajstić information content (AvgIpc) is 2.35. The lowest BCUT2D eigenvalue weighted by molar-refractivity contribution is -0.0374. The second kappa shape index (κ2) is 5.31. The van der Waals surface area contributed by atoms with Crippen molar-refractivity contribution >= 4 is 6.09 Å². The number of amides is 1. The summed E-state index contributed by atoms with van der Waals surface area (Å²) in [6, 6.07) is 0.287. The topological polar surface area (TPSA) is 55.6 Å². The fourth-order valence-electron chi connectivity index (χ4n) is 3.70. The zero-order valence-electron chi connectivity index (χ0n) is 12.6. The largest absolute Gasteiger partial charge is 0.444 e. The molecule has 4 heteroatoms. The third-order valence-corrected chi connectivity index (χ3v) is 4.59. The fourth-order valence-corrected chi connectivity index (χ4v) is 3.70. The van der Waals surface area contributed by atoms with E-state index in [4.69, 9.17) is 10.5 Å². The normalized spacial score (nSPS) is 31.8. The summed E-state index contributed by atoms with van der Waals surface area (Å²) in [6.07, 6.45) is 6.74. The Hall–Kier alpha value is -0.770. The zero-order valence-corrected chi connectivity index (χ0v) is 12.6. The van der Waals surface area contributed by atoms with Crippen molar-refractivity contribution in [2.24, 2.45) is 11.1 Å². The van der Waals surface area contributed by atoms with Crippen LogP contribution in [0, 0.1) is 5.41 Å². The van der Waals surface area contributed by atoms with E-state index in [0.717, 1.165) is 32.2 Å². The molecule has 1 amide bonds. The van der Waals surface area contributed by atoms with Crippen LogP contribution in [0.4, 0.5) is 4.79 Å². The Labute approximate surface area is 116 Å². The number of fused-ring (bicyclic) bond motifs is 1. The minimum Gasteiger partial charge on any atom is -0.444 e. The van der Waals surface area contributed by atoms with E-state index in [9.17, 15) is 4.79 Å². The highest BCUT2D eigenvalue weighted by atomic mass is 16.6. The van der Waals surface area contributed by atoms with E-state index in [0.29, 0.717) is 6.54 Å². The molecule has 2 atom stereocenters. The summed E-state index contributed by atoms with van der Waals surface area (Å²) in [5, 5.41) is 0. The maximum Gasteiger partial charge on any atom is 0.410 e. The van der Waals surface area contributed by atoms with Crippen molar-refractivity contribution in [2.75, 3.05) is 13.1 Å². The highest BCUT2D eigenvalue weighted by molar-refractivity contribution is 5.69. The summed E-state index contributed by atoms with van der Waals surface area (Å²) in [4.78, 5) is 14.3. The molecule has 0 aromatic heterocycles. The number of nitrogens with zero attached hydrogens (tertiary/aromatic N) is 1. The van der Waals surface area contributed by atoms with Gasteiger partial charge in [0.15, 0.2) is 0 Å². The highest BCUT2D eigenvalue weighted by Gasteiger charge is 2.47. The third kappa shape index (κ3) is 3.04. The van der Waals surface area contributed by atoms with Crippen LogP contribution in [-0.2, 0) is 4.74 Å². The Kier molecular flexibility index (Phi) is 4.09. The van der Waals surface area contributed by atoms with E-state index in [-0.39, 0.29) is 17.6 Å². The van der Waals surface area contributed by atoms with Gasteiger partial charge in [-0.25, -0.2) is 4.79 Å². The lowest BCUT2D eigenvalue weighted by Gasteiger charge is -2.52. The number of piperidine rings is 1. The first-order valence-corrected chi connectivity index (χ1v) is 7.58. The maximum absolute atomic E-state index is 12.4. The molecule has 4 nitrogen and oxygen atoms in total. The molecule has 1 aliphatic heterocycles. The second-order valence-electron chi connectivity index (χ2n) is 7.11. The molecule has 0 aromatic rings. The summed E-state index contributed by atoms with van der Waals surface area (Å²) in [5.74, 6) is 0. The summed E-state index contributed by atoms with van der Waals surface area (Å²) in [7, 11) is 0. The Morgan fingerprint density at radius 3 is 2.63 bits per heavy atom. The molecule has 2 fully saturated rings. The number of hydrogen-bond donors (Lipinski definition) is 1. The first-order chi connectivity index (χ1) is 8.88. The van der Waals surface area contributed by atoms with E-state index in [1.165, 1.54) is 12.8 Å². The van der Waals surface area contributed by atoms with Crippen molar-refractivity contribution < 1.29 is 9.53 Å². The molecule has 1 saturated heterocycles. The van der Waals surface area contributed by atoms with Gasteiger partial charge < -0.3 is 15.4 Å². The van der Waals surface area contributed by atoms with Gasteiger partial charge in [0, 0.05) is 18.0 Å². The van der Waals surface area contributed by atoms with Crippen LogP contribution in [0.2, 0.25) is 0 Å². The molecule has 2 rings (SSSR count). The monoisotopic (exact) mass is 268 g/mol. The lowest BCUT2D eigenvalue weighted by atomic mass is 9.65. The van der Waals surface area contributed by atoms with Gasteiger partial charge >= 0.3 is 6.09 Å². The van der Waals surface area contributed by atoms with Crippen LogP contribution in [-0.4, -0.2) is 35.7 Å². The molecular formula is C15H28N2O2. The first-order valence-electron chi connectivity index (χ1n) is 7.58. The first kappa shape index (κ1) is 14.6. The molecule has 1 aliphatic carbocycles. The molecule has 0 aromatic carbocycles. The number of carbonyl (C=O) groups excluding carboxylic acids is 1. The zero-order chi connectivity index (χ0) is 14.1. The molecule has 1 saturated carbocycles. The van der Waals surface area contributed by atoms with Crippen LogP contribution in [0.3, 0.4) is 0 Å². The Morgan fingerprint density at radius 1 is 1.32 bits per heavy atom. The van der Waals surface area contributed by atoms with Crippen LogP contribution in [0.1, 0.15) is 59.3 Å². The molecule has 19 heavy (non-hydrogen) atoms. The summed E-state index contributed by atoms with van der Waals surface area (Å²) < 4.78 is 5.56. The van der Waals surface area contributed by atoms with Gasteiger partial charge in [-0.3, -0.25) is 0 Å². The Morgan fingerprint density at radius 2 is 2.00 bits per heavy atom. The van der Waals surface area contributed by atoms with Gasteiger partial charge in [0.05, 0.1) is 0 Å². The van der Waals surface area contributed by atoms with Crippen LogP contribution >= 0.6 is 0 Å². The van der Waals surface area contributed by atoms with Crippen LogP contribution in [0.15, 0.2) is 0 Å². The van der Waals surface area contributed by atoms with E-state index in [1.807, 2.05) is 25.7 Å². The maximum atomic E-state index is 12.4. The molecule has 0 spiro atoms. The van der Waals surface area contributed by atoms with Gasteiger partial charge in [-0.1, -0.05) is 12.8 Å². The SMILES string of the molecule is CC(C)(C)OC(=O)N1CCC[C@@]2(CN)CCCC[C@H]12. The summed E-state index contributed by atoms with van der Waals surface area (Å²) >= 11 is 0. The quantitative estimate of drug-likeness (QED) is 0.795. The molecule has 110 valence electrons. The van der Waals surface area contributed by atoms with Crippen molar-refractivity contribution in [3.05, 3.63) is 0 Å². The number of hydrogen-bond acceptors (Lipinski definition) is 3. The number of rotatable bonds is 1. The minimum absolute atomic E-state index is 0.146. The predicted molar refractivity (Wildman–Crippen MR) is 75.9 cm³/mol. The molecule has 0 radical (unpaired) electrons. The number of carbonyl (C=O) groups is 1. The van der Waals surface area contributed by atoms with E-state index in [2.05, 4.69) is 0 Å². The summed E-state index contributed by atoms with van der Waals surface area (Å²) in [6.45, 7) is 7.28. The fraction of sp³-hybridized carbons (Fsp3) is 0.933. The highest BCUT2D eigenvalue weighted by Crippen LogP contribution is 2.45.